The van der Waals surface area contributed by atoms with Crippen molar-refractivity contribution in [3.63, 3.8) is 0 Å². The minimum Gasteiger partial charge on any atom is -0.355 e. The molecule has 2 fully saturated rings. The maximum absolute atomic E-state index is 12.2. The van der Waals surface area contributed by atoms with Gasteiger partial charge in [0.2, 0.25) is 5.91 Å². The van der Waals surface area contributed by atoms with E-state index < -0.39 is 0 Å². The molecule has 0 aromatic rings. The van der Waals surface area contributed by atoms with Gasteiger partial charge in [0.1, 0.15) is 0 Å². The standard InChI is InChI=1S/C16H31N3O/c1-12-11-13(7-8-15(12)17)16(20)18-9-10-19(2)14-5-3-4-6-14/h12-15H,3-11,17H2,1-2H3,(H,18,20). The predicted octanol–water partition coefficient (Wildman–Crippen LogP) is 1.74. The fourth-order valence-electron chi connectivity index (χ4n) is 3.69. The fraction of sp³-hybridized carbons (Fsp3) is 0.938. The molecule has 0 aliphatic heterocycles. The van der Waals surface area contributed by atoms with Crippen LogP contribution in [0, 0.1) is 11.8 Å². The van der Waals surface area contributed by atoms with Crippen LogP contribution in [0.1, 0.15) is 51.9 Å². The first-order valence-electron chi connectivity index (χ1n) is 8.31. The van der Waals surface area contributed by atoms with Gasteiger partial charge in [-0.2, -0.15) is 0 Å². The van der Waals surface area contributed by atoms with Crippen molar-refractivity contribution < 1.29 is 4.79 Å². The highest BCUT2D eigenvalue weighted by Crippen LogP contribution is 2.28. The van der Waals surface area contributed by atoms with Crippen LogP contribution < -0.4 is 11.1 Å². The molecule has 0 saturated heterocycles. The maximum atomic E-state index is 12.2. The van der Waals surface area contributed by atoms with Crippen LogP contribution in [0.4, 0.5) is 0 Å². The summed E-state index contributed by atoms with van der Waals surface area (Å²) in [5.41, 5.74) is 6.01. The van der Waals surface area contributed by atoms with Crippen LogP contribution in [-0.2, 0) is 4.79 Å². The van der Waals surface area contributed by atoms with Crippen LogP contribution in [0.3, 0.4) is 0 Å². The Morgan fingerprint density at radius 1 is 1.25 bits per heavy atom. The number of nitrogens with two attached hydrogens (primary N) is 1. The van der Waals surface area contributed by atoms with E-state index in [9.17, 15) is 4.79 Å². The van der Waals surface area contributed by atoms with Crippen LogP contribution in [0.2, 0.25) is 0 Å². The van der Waals surface area contributed by atoms with Gasteiger partial charge in [0.25, 0.3) is 0 Å². The lowest BCUT2D eigenvalue weighted by atomic mass is 9.79. The van der Waals surface area contributed by atoms with E-state index in [4.69, 9.17) is 5.73 Å². The van der Waals surface area contributed by atoms with Gasteiger partial charge < -0.3 is 16.0 Å². The fourth-order valence-corrected chi connectivity index (χ4v) is 3.69. The Morgan fingerprint density at radius 2 is 1.95 bits per heavy atom. The van der Waals surface area contributed by atoms with Gasteiger partial charge in [-0.1, -0.05) is 19.8 Å². The Balaban J connectivity index is 1.64. The quantitative estimate of drug-likeness (QED) is 0.807. The van der Waals surface area contributed by atoms with Gasteiger partial charge in [-0.15, -0.1) is 0 Å². The molecular formula is C16H31N3O. The average Bonchev–Trinajstić information content (AvgIpc) is 2.95. The number of carbonyl (C=O) groups is 1. The molecule has 0 radical (unpaired) electrons. The van der Waals surface area contributed by atoms with E-state index in [1.807, 2.05) is 0 Å². The Morgan fingerprint density at radius 3 is 2.60 bits per heavy atom. The molecule has 0 aromatic carbocycles. The number of likely N-dealkylation sites (N-methyl/N-ethyl adjacent to an activating group) is 1. The zero-order valence-electron chi connectivity index (χ0n) is 13.1. The first-order chi connectivity index (χ1) is 9.58. The third-order valence-electron chi connectivity index (χ3n) is 5.32. The minimum atomic E-state index is 0.182. The summed E-state index contributed by atoms with van der Waals surface area (Å²) in [4.78, 5) is 14.6. The molecular weight excluding hydrogens is 250 g/mol. The topological polar surface area (TPSA) is 58.4 Å². The number of nitrogens with one attached hydrogen (secondary N) is 1. The largest absolute Gasteiger partial charge is 0.355 e. The van der Waals surface area contributed by atoms with Gasteiger partial charge in [0, 0.05) is 31.1 Å². The molecule has 4 heteroatoms. The number of amides is 1. The molecule has 2 aliphatic carbocycles. The number of hydrogen-bond donors (Lipinski definition) is 2. The molecule has 2 rings (SSSR count). The summed E-state index contributed by atoms with van der Waals surface area (Å²) in [6.07, 6.45) is 8.26. The van der Waals surface area contributed by atoms with E-state index in [0.29, 0.717) is 5.92 Å². The lowest BCUT2D eigenvalue weighted by Gasteiger charge is -2.31. The molecule has 3 atom stereocenters. The van der Waals surface area contributed by atoms with Gasteiger partial charge in [-0.3, -0.25) is 4.79 Å². The molecule has 20 heavy (non-hydrogen) atoms. The third kappa shape index (κ3) is 4.19. The van der Waals surface area contributed by atoms with Gasteiger partial charge in [-0.25, -0.2) is 0 Å². The van der Waals surface area contributed by atoms with Gasteiger partial charge in [0.05, 0.1) is 0 Å². The van der Waals surface area contributed by atoms with Gasteiger partial charge in [0.15, 0.2) is 0 Å². The van der Waals surface area contributed by atoms with Crippen molar-refractivity contribution in [2.45, 2.75) is 64.0 Å². The Kier molecular flexibility index (Phi) is 5.85. The molecule has 2 aliphatic rings. The average molecular weight is 281 g/mol. The predicted molar refractivity (Wildman–Crippen MR) is 82.4 cm³/mol. The monoisotopic (exact) mass is 281 g/mol. The molecule has 0 bridgehead atoms. The van der Waals surface area contributed by atoms with Crippen molar-refractivity contribution in [2.75, 3.05) is 20.1 Å². The third-order valence-corrected chi connectivity index (χ3v) is 5.32. The highest BCUT2D eigenvalue weighted by Gasteiger charge is 2.29. The molecule has 3 N–H and O–H groups in total. The molecule has 1 amide bonds. The molecule has 0 aromatic heterocycles. The second-order valence-corrected chi connectivity index (χ2v) is 6.86. The van der Waals surface area contributed by atoms with Crippen molar-refractivity contribution in [3.05, 3.63) is 0 Å². The summed E-state index contributed by atoms with van der Waals surface area (Å²) < 4.78 is 0. The second kappa shape index (κ2) is 7.41. The van der Waals surface area contributed by atoms with Crippen molar-refractivity contribution in [2.24, 2.45) is 17.6 Å². The summed E-state index contributed by atoms with van der Waals surface area (Å²) in [6, 6.07) is 1.02. The minimum absolute atomic E-state index is 0.182. The lowest BCUT2D eigenvalue weighted by molar-refractivity contribution is -0.126. The van der Waals surface area contributed by atoms with E-state index in [1.54, 1.807) is 0 Å². The SMILES string of the molecule is CC1CC(C(=O)NCCN(C)C2CCCC2)CCC1N. The van der Waals surface area contributed by atoms with Crippen molar-refractivity contribution >= 4 is 5.91 Å². The van der Waals surface area contributed by atoms with Crippen molar-refractivity contribution in [1.29, 1.82) is 0 Å². The first-order valence-corrected chi connectivity index (χ1v) is 8.31. The van der Waals surface area contributed by atoms with E-state index in [2.05, 4.69) is 24.2 Å². The summed E-state index contributed by atoms with van der Waals surface area (Å²) in [5, 5.41) is 3.12. The zero-order chi connectivity index (χ0) is 14.5. The second-order valence-electron chi connectivity index (χ2n) is 6.86. The molecule has 116 valence electrons. The molecule has 3 unspecified atom stereocenters. The highest BCUT2D eigenvalue weighted by molar-refractivity contribution is 5.78. The van der Waals surface area contributed by atoms with Crippen LogP contribution in [0.15, 0.2) is 0 Å². The van der Waals surface area contributed by atoms with Crippen molar-refractivity contribution in [3.8, 4) is 0 Å². The molecule has 4 nitrogen and oxygen atoms in total. The summed E-state index contributed by atoms with van der Waals surface area (Å²) in [7, 11) is 2.18. The Bertz CT molecular complexity index is 315. The highest BCUT2D eigenvalue weighted by atomic mass is 16.1. The number of nitrogens with zero attached hydrogens (tertiary/aromatic N) is 1. The molecule has 2 saturated carbocycles. The normalized spacial score (nSPS) is 31.7. The van der Waals surface area contributed by atoms with Gasteiger partial charge >= 0.3 is 0 Å². The summed E-state index contributed by atoms with van der Waals surface area (Å²) >= 11 is 0. The first kappa shape index (κ1) is 15.8. The van der Waals surface area contributed by atoms with Crippen LogP contribution in [-0.4, -0.2) is 43.0 Å². The summed E-state index contributed by atoms with van der Waals surface area (Å²) in [6.45, 7) is 3.92. The van der Waals surface area contributed by atoms with Crippen LogP contribution in [0.25, 0.3) is 0 Å². The van der Waals surface area contributed by atoms with E-state index in [0.717, 1.165) is 38.4 Å². The van der Waals surface area contributed by atoms with Crippen LogP contribution in [0.5, 0.6) is 0 Å². The van der Waals surface area contributed by atoms with E-state index in [-0.39, 0.29) is 17.9 Å². The smallest absolute Gasteiger partial charge is 0.223 e. The Hall–Kier alpha value is -0.610. The summed E-state index contributed by atoms with van der Waals surface area (Å²) in [5.74, 6) is 0.894. The van der Waals surface area contributed by atoms with E-state index >= 15 is 0 Å². The molecule has 0 spiro atoms. The van der Waals surface area contributed by atoms with Crippen molar-refractivity contribution in [1.82, 2.24) is 10.2 Å². The van der Waals surface area contributed by atoms with Crippen LogP contribution >= 0.6 is 0 Å². The number of hydrogen-bond acceptors (Lipinski definition) is 3. The maximum Gasteiger partial charge on any atom is 0.223 e. The Labute approximate surface area is 123 Å². The van der Waals surface area contributed by atoms with E-state index in [1.165, 1.54) is 25.7 Å². The lowest BCUT2D eigenvalue weighted by Crippen LogP contribution is -2.43. The number of rotatable bonds is 5. The van der Waals surface area contributed by atoms with Gasteiger partial charge in [-0.05, 0) is 45.1 Å². The zero-order valence-corrected chi connectivity index (χ0v) is 13.1. The number of carbonyl (C=O) groups excluding carboxylic acids is 1. The molecule has 0 heterocycles.